The van der Waals surface area contributed by atoms with Gasteiger partial charge in [-0.3, -0.25) is 9.59 Å². The number of carbonyl (C=O) groups is 2. The van der Waals surface area contributed by atoms with Gasteiger partial charge in [-0.25, -0.2) is 8.42 Å². The molecule has 3 N–H and O–H groups in total. The van der Waals surface area contributed by atoms with E-state index >= 15 is 0 Å². The van der Waals surface area contributed by atoms with Gasteiger partial charge in [-0.2, -0.15) is 4.72 Å². The summed E-state index contributed by atoms with van der Waals surface area (Å²) in [6.45, 7) is 1.40. The summed E-state index contributed by atoms with van der Waals surface area (Å²) < 4.78 is 29.1. The minimum Gasteiger partial charge on any atom is -0.326 e. The van der Waals surface area contributed by atoms with E-state index in [1.807, 2.05) is 30.3 Å². The van der Waals surface area contributed by atoms with Crippen LogP contribution in [0.1, 0.15) is 12.5 Å². The molecule has 0 unspecified atom stereocenters. The van der Waals surface area contributed by atoms with Crippen LogP contribution in [0.2, 0.25) is 0 Å². The number of amides is 2. The SMILES string of the molecule is CC(=O)Nc1ccc(NC(=O)[C@H](Cc2ccccc2)NS(=O)(=O)c2ccc(Br)cc2)cc1. The molecule has 32 heavy (non-hydrogen) atoms. The third-order valence-corrected chi connectivity index (χ3v) is 6.51. The molecule has 0 aliphatic heterocycles. The van der Waals surface area contributed by atoms with Crippen LogP contribution in [0, 0.1) is 0 Å². The molecule has 3 rings (SSSR count). The lowest BCUT2D eigenvalue weighted by molar-refractivity contribution is -0.117. The van der Waals surface area contributed by atoms with Crippen molar-refractivity contribution in [3.05, 3.63) is 88.9 Å². The fourth-order valence-electron chi connectivity index (χ4n) is 2.98. The summed E-state index contributed by atoms with van der Waals surface area (Å²) in [5.74, 6) is -0.700. The second-order valence-corrected chi connectivity index (χ2v) is 9.69. The van der Waals surface area contributed by atoms with E-state index in [1.54, 1.807) is 36.4 Å². The monoisotopic (exact) mass is 515 g/mol. The van der Waals surface area contributed by atoms with Crippen molar-refractivity contribution in [2.75, 3.05) is 10.6 Å². The van der Waals surface area contributed by atoms with E-state index in [4.69, 9.17) is 0 Å². The van der Waals surface area contributed by atoms with E-state index in [9.17, 15) is 18.0 Å². The molecule has 7 nitrogen and oxygen atoms in total. The molecule has 166 valence electrons. The van der Waals surface area contributed by atoms with E-state index in [-0.39, 0.29) is 17.2 Å². The number of carbonyl (C=O) groups excluding carboxylic acids is 2. The molecular formula is C23H22BrN3O4S. The summed E-state index contributed by atoms with van der Waals surface area (Å²) in [5.41, 5.74) is 1.88. The number of hydrogen-bond donors (Lipinski definition) is 3. The Morgan fingerprint density at radius 3 is 1.97 bits per heavy atom. The van der Waals surface area contributed by atoms with Gasteiger partial charge < -0.3 is 10.6 Å². The molecule has 0 saturated carbocycles. The first-order valence-electron chi connectivity index (χ1n) is 9.73. The maximum Gasteiger partial charge on any atom is 0.242 e. The molecular weight excluding hydrogens is 494 g/mol. The van der Waals surface area contributed by atoms with E-state index in [0.717, 1.165) is 10.0 Å². The van der Waals surface area contributed by atoms with Crippen LogP contribution in [-0.4, -0.2) is 26.3 Å². The first kappa shape index (κ1) is 23.6. The second kappa shape index (κ2) is 10.5. The molecule has 3 aromatic rings. The third kappa shape index (κ3) is 6.74. The molecule has 0 aliphatic carbocycles. The van der Waals surface area contributed by atoms with Crippen LogP contribution in [0.5, 0.6) is 0 Å². The lowest BCUT2D eigenvalue weighted by Crippen LogP contribution is -2.45. The summed E-state index contributed by atoms with van der Waals surface area (Å²) in [6.07, 6.45) is 0.173. The van der Waals surface area contributed by atoms with Gasteiger partial charge in [0.15, 0.2) is 0 Å². The molecule has 0 aliphatic rings. The maximum absolute atomic E-state index is 13.0. The quantitative estimate of drug-likeness (QED) is 0.422. The normalized spacial score (nSPS) is 12.1. The molecule has 3 aromatic carbocycles. The summed E-state index contributed by atoms with van der Waals surface area (Å²) >= 11 is 3.28. The van der Waals surface area contributed by atoms with Crippen molar-refractivity contribution in [1.29, 1.82) is 0 Å². The molecule has 0 saturated heterocycles. The van der Waals surface area contributed by atoms with Gasteiger partial charge in [0.25, 0.3) is 0 Å². The Kier molecular flexibility index (Phi) is 7.79. The van der Waals surface area contributed by atoms with Crippen molar-refractivity contribution in [3.63, 3.8) is 0 Å². The van der Waals surface area contributed by atoms with Gasteiger partial charge in [-0.1, -0.05) is 46.3 Å². The Balaban J connectivity index is 1.81. The van der Waals surface area contributed by atoms with Crippen molar-refractivity contribution in [3.8, 4) is 0 Å². The van der Waals surface area contributed by atoms with Gasteiger partial charge in [0.2, 0.25) is 21.8 Å². The highest BCUT2D eigenvalue weighted by Crippen LogP contribution is 2.17. The molecule has 9 heteroatoms. The van der Waals surface area contributed by atoms with Crippen LogP contribution < -0.4 is 15.4 Å². The molecule has 0 radical (unpaired) electrons. The highest BCUT2D eigenvalue weighted by atomic mass is 79.9. The summed E-state index contributed by atoms with van der Waals surface area (Å²) in [7, 11) is -3.93. The Morgan fingerprint density at radius 1 is 0.844 bits per heavy atom. The number of hydrogen-bond acceptors (Lipinski definition) is 4. The molecule has 0 aromatic heterocycles. The Morgan fingerprint density at radius 2 is 1.41 bits per heavy atom. The fraction of sp³-hybridized carbons (Fsp3) is 0.130. The Hall–Kier alpha value is -3.01. The standard InChI is InChI=1S/C23H22BrN3O4S/c1-16(28)25-19-9-11-20(12-10-19)26-23(29)22(15-17-5-3-2-4-6-17)27-32(30,31)21-13-7-18(24)8-14-21/h2-14,22,27H,15H2,1H3,(H,25,28)(H,26,29)/t22-/m0/s1. The molecule has 0 heterocycles. The number of benzene rings is 3. The van der Waals surface area contributed by atoms with Crippen molar-refractivity contribution in [2.24, 2.45) is 0 Å². The Bertz CT molecular complexity index is 1180. The minimum absolute atomic E-state index is 0.0613. The van der Waals surface area contributed by atoms with Crippen LogP contribution in [0.4, 0.5) is 11.4 Å². The smallest absolute Gasteiger partial charge is 0.242 e. The van der Waals surface area contributed by atoms with E-state index in [2.05, 4.69) is 31.3 Å². The predicted molar refractivity (Wildman–Crippen MR) is 128 cm³/mol. The summed E-state index contributed by atoms with van der Waals surface area (Å²) in [6, 6.07) is 20.9. The van der Waals surface area contributed by atoms with Crippen LogP contribution in [-0.2, 0) is 26.0 Å². The Labute approximate surface area is 195 Å². The minimum atomic E-state index is -3.93. The average Bonchev–Trinajstić information content (AvgIpc) is 2.75. The maximum atomic E-state index is 13.0. The number of nitrogens with one attached hydrogen (secondary N) is 3. The van der Waals surface area contributed by atoms with Crippen LogP contribution in [0.25, 0.3) is 0 Å². The van der Waals surface area contributed by atoms with Crippen molar-refractivity contribution < 1.29 is 18.0 Å². The van der Waals surface area contributed by atoms with Crippen molar-refractivity contribution in [2.45, 2.75) is 24.3 Å². The highest BCUT2D eigenvalue weighted by molar-refractivity contribution is 9.10. The fourth-order valence-corrected chi connectivity index (χ4v) is 4.44. The van der Waals surface area contributed by atoms with Crippen LogP contribution >= 0.6 is 15.9 Å². The van der Waals surface area contributed by atoms with Crippen molar-refractivity contribution >= 4 is 49.1 Å². The van der Waals surface area contributed by atoms with Crippen LogP contribution in [0.15, 0.2) is 88.2 Å². The zero-order chi connectivity index (χ0) is 23.1. The van der Waals surface area contributed by atoms with E-state index in [1.165, 1.54) is 19.1 Å². The third-order valence-electron chi connectivity index (χ3n) is 4.49. The zero-order valence-electron chi connectivity index (χ0n) is 17.2. The molecule has 0 fully saturated rings. The van der Waals surface area contributed by atoms with E-state index < -0.39 is 22.0 Å². The first-order chi connectivity index (χ1) is 15.2. The predicted octanol–water partition coefficient (Wildman–Crippen LogP) is 3.94. The molecule has 0 spiro atoms. The van der Waals surface area contributed by atoms with Crippen molar-refractivity contribution in [1.82, 2.24) is 4.72 Å². The van der Waals surface area contributed by atoms with Gasteiger partial charge in [-0.05, 0) is 60.5 Å². The summed E-state index contributed by atoms with van der Waals surface area (Å²) in [4.78, 5) is 24.2. The number of halogens is 1. The van der Waals surface area contributed by atoms with Gasteiger partial charge in [-0.15, -0.1) is 0 Å². The van der Waals surface area contributed by atoms with E-state index in [0.29, 0.717) is 11.4 Å². The number of sulfonamides is 1. The first-order valence-corrected chi connectivity index (χ1v) is 12.0. The van der Waals surface area contributed by atoms with Gasteiger partial charge >= 0.3 is 0 Å². The molecule has 0 bridgehead atoms. The molecule has 2 amide bonds. The van der Waals surface area contributed by atoms with Gasteiger partial charge in [0.1, 0.15) is 6.04 Å². The number of anilines is 2. The average molecular weight is 516 g/mol. The van der Waals surface area contributed by atoms with Crippen LogP contribution in [0.3, 0.4) is 0 Å². The van der Waals surface area contributed by atoms with Gasteiger partial charge in [0, 0.05) is 22.8 Å². The summed E-state index contributed by atoms with van der Waals surface area (Å²) in [5, 5.41) is 5.39. The molecule has 1 atom stereocenters. The van der Waals surface area contributed by atoms with Gasteiger partial charge in [0.05, 0.1) is 4.90 Å². The topological polar surface area (TPSA) is 104 Å². The number of rotatable bonds is 8. The second-order valence-electron chi connectivity index (χ2n) is 7.07. The zero-order valence-corrected chi connectivity index (χ0v) is 19.6. The lowest BCUT2D eigenvalue weighted by Gasteiger charge is -2.19. The highest BCUT2D eigenvalue weighted by Gasteiger charge is 2.26. The lowest BCUT2D eigenvalue weighted by atomic mass is 10.1. The largest absolute Gasteiger partial charge is 0.326 e.